The first-order valence-electron chi connectivity index (χ1n) is 13.5. The molecule has 0 bridgehead atoms. The van der Waals surface area contributed by atoms with Gasteiger partial charge < -0.3 is 10.2 Å². The molecule has 4 nitrogen and oxygen atoms in total. The Morgan fingerprint density at radius 1 is 0.452 bits per heavy atom. The van der Waals surface area contributed by atoms with Crippen LogP contribution in [0.25, 0.3) is 0 Å². The highest BCUT2D eigenvalue weighted by molar-refractivity contribution is 5.70. The van der Waals surface area contributed by atoms with E-state index in [2.05, 4.69) is 13.8 Å². The third-order valence-electron chi connectivity index (χ3n) is 6.62. The van der Waals surface area contributed by atoms with Crippen molar-refractivity contribution in [1.29, 1.82) is 0 Å². The van der Waals surface area contributed by atoms with E-state index in [0.29, 0.717) is 0 Å². The van der Waals surface area contributed by atoms with Gasteiger partial charge >= 0.3 is 11.9 Å². The molecule has 2 atom stereocenters. The van der Waals surface area contributed by atoms with E-state index in [1.807, 2.05) is 0 Å². The van der Waals surface area contributed by atoms with E-state index in [1.165, 1.54) is 51.4 Å². The van der Waals surface area contributed by atoms with Gasteiger partial charge in [0.25, 0.3) is 0 Å². The number of rotatable bonds is 24. The molecule has 0 aliphatic heterocycles. The molecular formula is C27H52O4. The van der Waals surface area contributed by atoms with E-state index in [1.54, 1.807) is 0 Å². The Balaban J connectivity index is 3.77. The largest absolute Gasteiger partial charge is 0.481 e. The second kappa shape index (κ2) is 22.1. The average Bonchev–Trinajstić information content (AvgIpc) is 2.74. The summed E-state index contributed by atoms with van der Waals surface area (Å²) in [7, 11) is 0. The zero-order valence-electron chi connectivity index (χ0n) is 20.7. The number of carboxylic acid groups (broad SMARTS) is 2. The normalized spacial score (nSPS) is 13.2. The van der Waals surface area contributed by atoms with Gasteiger partial charge in [0.15, 0.2) is 0 Å². The molecule has 0 saturated carbocycles. The van der Waals surface area contributed by atoms with Crippen molar-refractivity contribution in [2.24, 2.45) is 11.8 Å². The van der Waals surface area contributed by atoms with Crippen LogP contribution in [-0.2, 0) is 9.59 Å². The van der Waals surface area contributed by atoms with Gasteiger partial charge in [0.05, 0.1) is 11.8 Å². The minimum atomic E-state index is -0.632. The van der Waals surface area contributed by atoms with Crippen LogP contribution in [0.4, 0.5) is 0 Å². The van der Waals surface area contributed by atoms with Crippen LogP contribution < -0.4 is 0 Å². The molecule has 2 N–H and O–H groups in total. The van der Waals surface area contributed by atoms with Crippen LogP contribution in [0.1, 0.15) is 149 Å². The average molecular weight is 441 g/mol. The fourth-order valence-electron chi connectivity index (χ4n) is 4.44. The molecule has 4 heteroatoms. The second-order valence-electron chi connectivity index (χ2n) is 9.53. The standard InChI is InChI=1S/C27H52O4/c1-3-5-7-9-12-16-20-24(26(28)29)22-18-14-11-15-19-23-25(27(30)31)21-17-13-10-8-6-4-2/h24-25H,3-23H2,1-2H3,(H,28,29)(H,30,31). The van der Waals surface area contributed by atoms with Gasteiger partial charge in [-0.3, -0.25) is 9.59 Å². The van der Waals surface area contributed by atoms with Crippen molar-refractivity contribution in [2.45, 2.75) is 149 Å². The van der Waals surface area contributed by atoms with Crippen molar-refractivity contribution < 1.29 is 19.8 Å². The van der Waals surface area contributed by atoms with Gasteiger partial charge in [-0.25, -0.2) is 0 Å². The van der Waals surface area contributed by atoms with Crippen LogP contribution in [0, 0.1) is 11.8 Å². The van der Waals surface area contributed by atoms with Crippen LogP contribution >= 0.6 is 0 Å². The molecule has 2 unspecified atom stereocenters. The van der Waals surface area contributed by atoms with Gasteiger partial charge in [0, 0.05) is 0 Å². The van der Waals surface area contributed by atoms with Crippen molar-refractivity contribution in [2.75, 3.05) is 0 Å². The minimum absolute atomic E-state index is 0.181. The SMILES string of the molecule is CCCCCCCCC(CCCCCCCC(CCCCCCCC)C(=O)O)C(=O)O. The molecule has 0 saturated heterocycles. The van der Waals surface area contributed by atoms with E-state index in [0.717, 1.165) is 83.5 Å². The fraction of sp³-hybridized carbons (Fsp3) is 0.926. The molecule has 31 heavy (non-hydrogen) atoms. The smallest absolute Gasteiger partial charge is 0.306 e. The lowest BCUT2D eigenvalue weighted by atomic mass is 9.93. The zero-order valence-corrected chi connectivity index (χ0v) is 20.7. The number of aliphatic carboxylic acids is 2. The highest BCUT2D eigenvalue weighted by Gasteiger charge is 2.17. The Hall–Kier alpha value is -1.06. The predicted molar refractivity (Wildman–Crippen MR) is 131 cm³/mol. The van der Waals surface area contributed by atoms with E-state index in [4.69, 9.17) is 0 Å². The molecule has 0 amide bonds. The van der Waals surface area contributed by atoms with Gasteiger partial charge in [0.2, 0.25) is 0 Å². The lowest BCUT2D eigenvalue weighted by Crippen LogP contribution is -2.14. The Morgan fingerprint density at radius 2 is 0.677 bits per heavy atom. The van der Waals surface area contributed by atoms with Crippen LogP contribution in [0.5, 0.6) is 0 Å². The molecule has 0 aliphatic rings. The summed E-state index contributed by atoms with van der Waals surface area (Å²) >= 11 is 0. The van der Waals surface area contributed by atoms with Crippen molar-refractivity contribution in [3.63, 3.8) is 0 Å². The molecule has 0 fully saturated rings. The molecule has 0 rings (SSSR count). The summed E-state index contributed by atoms with van der Waals surface area (Å²) in [6.45, 7) is 4.42. The van der Waals surface area contributed by atoms with E-state index in [-0.39, 0.29) is 11.8 Å². The van der Waals surface area contributed by atoms with Gasteiger partial charge in [-0.05, 0) is 25.7 Å². The summed E-state index contributed by atoms with van der Waals surface area (Å²) in [6.07, 6.45) is 22.9. The second-order valence-corrected chi connectivity index (χ2v) is 9.53. The molecular weight excluding hydrogens is 388 g/mol. The first-order valence-corrected chi connectivity index (χ1v) is 13.5. The highest BCUT2D eigenvalue weighted by Crippen LogP contribution is 2.21. The molecule has 0 radical (unpaired) electrons. The van der Waals surface area contributed by atoms with Crippen molar-refractivity contribution >= 4 is 11.9 Å². The Kier molecular flexibility index (Phi) is 21.4. The van der Waals surface area contributed by atoms with Crippen LogP contribution in [0.2, 0.25) is 0 Å². The summed E-state index contributed by atoms with van der Waals surface area (Å²) in [6, 6.07) is 0. The topological polar surface area (TPSA) is 74.6 Å². The lowest BCUT2D eigenvalue weighted by Gasteiger charge is -2.13. The summed E-state index contributed by atoms with van der Waals surface area (Å²) in [4.78, 5) is 22.9. The number of unbranched alkanes of at least 4 members (excludes halogenated alkanes) is 14. The third kappa shape index (κ3) is 19.4. The summed E-state index contributed by atoms with van der Waals surface area (Å²) in [5.74, 6) is -1.63. The summed E-state index contributed by atoms with van der Waals surface area (Å²) in [5.41, 5.74) is 0. The Bertz CT molecular complexity index is 383. The van der Waals surface area contributed by atoms with Crippen LogP contribution in [0.15, 0.2) is 0 Å². The number of hydrogen-bond acceptors (Lipinski definition) is 2. The highest BCUT2D eigenvalue weighted by atomic mass is 16.4. The molecule has 0 spiro atoms. The monoisotopic (exact) mass is 440 g/mol. The molecule has 0 heterocycles. The first kappa shape index (κ1) is 29.9. The molecule has 0 aliphatic carbocycles. The van der Waals surface area contributed by atoms with Crippen LogP contribution in [-0.4, -0.2) is 22.2 Å². The van der Waals surface area contributed by atoms with Gasteiger partial charge in [-0.1, -0.05) is 123 Å². The number of carboxylic acids is 2. The van der Waals surface area contributed by atoms with Crippen LogP contribution in [0.3, 0.4) is 0 Å². The fourth-order valence-corrected chi connectivity index (χ4v) is 4.44. The van der Waals surface area contributed by atoms with E-state index < -0.39 is 11.9 Å². The Morgan fingerprint density at radius 3 is 0.903 bits per heavy atom. The van der Waals surface area contributed by atoms with Gasteiger partial charge in [-0.15, -0.1) is 0 Å². The maximum atomic E-state index is 11.5. The van der Waals surface area contributed by atoms with Gasteiger partial charge in [0.1, 0.15) is 0 Å². The maximum absolute atomic E-state index is 11.5. The quantitative estimate of drug-likeness (QED) is 0.147. The summed E-state index contributed by atoms with van der Waals surface area (Å²) < 4.78 is 0. The summed E-state index contributed by atoms with van der Waals surface area (Å²) in [5, 5.41) is 18.9. The molecule has 0 aromatic carbocycles. The first-order chi connectivity index (χ1) is 15.0. The number of hydrogen-bond donors (Lipinski definition) is 2. The lowest BCUT2D eigenvalue weighted by molar-refractivity contribution is -0.143. The minimum Gasteiger partial charge on any atom is -0.481 e. The maximum Gasteiger partial charge on any atom is 0.306 e. The van der Waals surface area contributed by atoms with Crippen molar-refractivity contribution in [1.82, 2.24) is 0 Å². The molecule has 184 valence electrons. The predicted octanol–water partition coefficient (Wildman–Crippen LogP) is 8.62. The molecule has 0 aromatic heterocycles. The van der Waals surface area contributed by atoms with Gasteiger partial charge in [-0.2, -0.15) is 0 Å². The van der Waals surface area contributed by atoms with Crippen molar-refractivity contribution in [3.05, 3.63) is 0 Å². The number of carbonyl (C=O) groups is 2. The zero-order chi connectivity index (χ0) is 23.2. The van der Waals surface area contributed by atoms with Crippen molar-refractivity contribution in [3.8, 4) is 0 Å². The Labute approximate surface area is 192 Å². The molecule has 0 aromatic rings. The van der Waals surface area contributed by atoms with E-state index >= 15 is 0 Å². The van der Waals surface area contributed by atoms with E-state index in [9.17, 15) is 19.8 Å². The third-order valence-corrected chi connectivity index (χ3v) is 6.62.